The van der Waals surface area contributed by atoms with Crippen molar-refractivity contribution in [1.82, 2.24) is 30.2 Å². The summed E-state index contributed by atoms with van der Waals surface area (Å²) in [7, 11) is 3.60. The van der Waals surface area contributed by atoms with Crippen LogP contribution in [0.2, 0.25) is 0 Å². The third kappa shape index (κ3) is 4.93. The molecule has 0 aliphatic rings. The van der Waals surface area contributed by atoms with Gasteiger partial charge in [-0.25, -0.2) is 0 Å². The zero-order chi connectivity index (χ0) is 17.6. The third-order valence-electron chi connectivity index (χ3n) is 3.97. The average molecular weight is 375 g/mol. The first-order valence-electron chi connectivity index (χ1n) is 8.14. The van der Waals surface area contributed by atoms with Gasteiger partial charge in [-0.2, -0.15) is 10.2 Å². The quantitative estimate of drug-likeness (QED) is 0.659. The highest BCUT2D eigenvalue weighted by atomic mass is 35.5. The van der Waals surface area contributed by atoms with Crippen molar-refractivity contribution in [3.63, 3.8) is 0 Å². The molecule has 0 radical (unpaired) electrons. The second-order valence-electron chi connectivity index (χ2n) is 5.91. The summed E-state index contributed by atoms with van der Waals surface area (Å²) in [6, 6.07) is 9.63. The lowest BCUT2D eigenvalue weighted by atomic mass is 10.1. The SMILES string of the molecule is CNC(C(=O)NCc1cccc(Cn2cccn2)c1)c1cnn(C)c1.Cl. The number of nitrogens with zero attached hydrogens (tertiary/aromatic N) is 4. The molecule has 0 fully saturated rings. The lowest BCUT2D eigenvalue weighted by Crippen LogP contribution is -2.35. The predicted octanol–water partition coefficient (Wildman–Crippen LogP) is 1.66. The number of carbonyl (C=O) groups excluding carboxylic acids is 1. The Morgan fingerprint density at radius 1 is 1.23 bits per heavy atom. The topological polar surface area (TPSA) is 76.8 Å². The number of aromatic nitrogens is 4. The largest absolute Gasteiger partial charge is 0.350 e. The van der Waals surface area contributed by atoms with Crippen molar-refractivity contribution in [2.45, 2.75) is 19.1 Å². The average Bonchev–Trinajstić information content (AvgIpc) is 3.26. The molecule has 0 saturated heterocycles. The maximum Gasteiger partial charge on any atom is 0.242 e. The standard InChI is InChI=1S/C18H22N6O.ClH/c1-19-17(16-11-22-23(2)13-16)18(25)20-10-14-5-3-6-15(9-14)12-24-8-4-7-21-24;/h3-9,11,13,17,19H,10,12H2,1-2H3,(H,20,25);1H. The van der Waals surface area contributed by atoms with Gasteiger partial charge in [0.05, 0.1) is 12.7 Å². The maximum atomic E-state index is 12.5. The van der Waals surface area contributed by atoms with E-state index in [1.807, 2.05) is 42.3 Å². The van der Waals surface area contributed by atoms with E-state index in [2.05, 4.69) is 33.0 Å². The predicted molar refractivity (Wildman–Crippen MR) is 102 cm³/mol. The minimum Gasteiger partial charge on any atom is -0.350 e. The molecule has 7 nitrogen and oxygen atoms in total. The molecule has 3 rings (SSSR count). The van der Waals surface area contributed by atoms with Crippen LogP contribution in [0.3, 0.4) is 0 Å². The Hall–Kier alpha value is -2.64. The van der Waals surface area contributed by atoms with Gasteiger partial charge in [0.1, 0.15) is 6.04 Å². The van der Waals surface area contributed by atoms with Crippen molar-refractivity contribution in [3.8, 4) is 0 Å². The Bertz CT molecular complexity index is 830. The molecule has 1 atom stereocenters. The molecule has 0 aliphatic carbocycles. The van der Waals surface area contributed by atoms with Crippen LogP contribution in [0, 0.1) is 0 Å². The summed E-state index contributed by atoms with van der Waals surface area (Å²) >= 11 is 0. The molecule has 3 aromatic rings. The molecule has 2 N–H and O–H groups in total. The first-order valence-corrected chi connectivity index (χ1v) is 8.14. The Kier molecular flexibility index (Phi) is 6.94. The molecule has 0 aliphatic heterocycles. The van der Waals surface area contributed by atoms with Gasteiger partial charge in [-0.05, 0) is 24.2 Å². The Morgan fingerprint density at radius 2 is 2.04 bits per heavy atom. The second kappa shape index (κ2) is 9.17. The molecule has 0 bridgehead atoms. The number of amides is 1. The molecule has 8 heteroatoms. The third-order valence-corrected chi connectivity index (χ3v) is 3.97. The summed E-state index contributed by atoms with van der Waals surface area (Å²) in [5.74, 6) is -0.0759. The number of halogens is 1. The van der Waals surface area contributed by atoms with E-state index in [9.17, 15) is 4.79 Å². The molecule has 138 valence electrons. The van der Waals surface area contributed by atoms with Crippen LogP contribution in [0.1, 0.15) is 22.7 Å². The second-order valence-corrected chi connectivity index (χ2v) is 5.91. The summed E-state index contributed by atoms with van der Waals surface area (Å²) in [6.07, 6.45) is 7.23. The Balaban J connectivity index is 0.00000243. The van der Waals surface area contributed by atoms with Crippen LogP contribution < -0.4 is 10.6 Å². The van der Waals surface area contributed by atoms with E-state index in [4.69, 9.17) is 0 Å². The Labute approximate surface area is 158 Å². The summed E-state index contributed by atoms with van der Waals surface area (Å²) < 4.78 is 3.56. The van der Waals surface area contributed by atoms with Crippen LogP contribution in [0.25, 0.3) is 0 Å². The fraction of sp³-hybridized carbons (Fsp3) is 0.278. The van der Waals surface area contributed by atoms with E-state index in [1.54, 1.807) is 24.1 Å². The summed E-state index contributed by atoms with van der Waals surface area (Å²) in [4.78, 5) is 12.5. The minimum absolute atomic E-state index is 0. The molecule has 0 spiro atoms. The molecule has 26 heavy (non-hydrogen) atoms. The molecule has 0 saturated carbocycles. The van der Waals surface area contributed by atoms with Crippen LogP contribution in [-0.2, 0) is 24.9 Å². The van der Waals surface area contributed by atoms with Crippen LogP contribution in [0.4, 0.5) is 0 Å². The molecule has 1 aromatic carbocycles. The fourth-order valence-electron chi connectivity index (χ4n) is 2.75. The molecule has 2 aromatic heterocycles. The molecular weight excluding hydrogens is 352 g/mol. The molecule has 1 amide bonds. The summed E-state index contributed by atoms with van der Waals surface area (Å²) in [5.41, 5.74) is 3.04. The van der Waals surface area contributed by atoms with Crippen LogP contribution >= 0.6 is 12.4 Å². The van der Waals surface area contributed by atoms with Gasteiger partial charge in [0.25, 0.3) is 0 Å². The number of hydrogen-bond donors (Lipinski definition) is 2. The lowest BCUT2D eigenvalue weighted by Gasteiger charge is -2.15. The number of nitrogens with one attached hydrogen (secondary N) is 2. The van der Waals surface area contributed by atoms with Gasteiger partial charge in [-0.1, -0.05) is 24.3 Å². The smallest absolute Gasteiger partial charge is 0.242 e. The van der Waals surface area contributed by atoms with Crippen molar-refractivity contribution < 1.29 is 4.79 Å². The van der Waals surface area contributed by atoms with Gasteiger partial charge in [-0.3, -0.25) is 14.2 Å². The minimum atomic E-state index is -0.416. The number of rotatable bonds is 7. The highest BCUT2D eigenvalue weighted by Crippen LogP contribution is 2.12. The van der Waals surface area contributed by atoms with E-state index >= 15 is 0 Å². The lowest BCUT2D eigenvalue weighted by molar-refractivity contribution is -0.123. The van der Waals surface area contributed by atoms with E-state index in [1.165, 1.54) is 0 Å². The highest BCUT2D eigenvalue weighted by Gasteiger charge is 2.19. The van der Waals surface area contributed by atoms with Gasteiger partial charge < -0.3 is 10.6 Å². The maximum absolute atomic E-state index is 12.5. The van der Waals surface area contributed by atoms with Crippen molar-refractivity contribution >= 4 is 18.3 Å². The summed E-state index contributed by atoms with van der Waals surface area (Å²) in [6.45, 7) is 1.19. The van der Waals surface area contributed by atoms with E-state index in [0.717, 1.165) is 16.7 Å². The summed E-state index contributed by atoms with van der Waals surface area (Å²) in [5, 5.41) is 14.4. The molecular formula is C18H23ClN6O. The normalized spacial score (nSPS) is 11.6. The van der Waals surface area contributed by atoms with Crippen LogP contribution in [0.5, 0.6) is 0 Å². The molecule has 1 unspecified atom stereocenters. The van der Waals surface area contributed by atoms with Crippen molar-refractivity contribution in [1.29, 1.82) is 0 Å². The Morgan fingerprint density at radius 3 is 2.69 bits per heavy atom. The first kappa shape index (κ1) is 19.7. The van der Waals surface area contributed by atoms with Crippen molar-refractivity contribution in [2.75, 3.05) is 7.05 Å². The fourth-order valence-corrected chi connectivity index (χ4v) is 2.75. The number of carbonyl (C=O) groups is 1. The monoisotopic (exact) mass is 374 g/mol. The van der Waals surface area contributed by atoms with E-state index in [0.29, 0.717) is 13.1 Å². The van der Waals surface area contributed by atoms with Gasteiger partial charge in [0.2, 0.25) is 5.91 Å². The van der Waals surface area contributed by atoms with Gasteiger partial charge in [-0.15, -0.1) is 12.4 Å². The van der Waals surface area contributed by atoms with E-state index in [-0.39, 0.29) is 18.3 Å². The zero-order valence-electron chi connectivity index (χ0n) is 14.8. The van der Waals surface area contributed by atoms with Gasteiger partial charge >= 0.3 is 0 Å². The van der Waals surface area contributed by atoms with Crippen LogP contribution in [0.15, 0.2) is 55.1 Å². The van der Waals surface area contributed by atoms with Crippen LogP contribution in [-0.4, -0.2) is 32.5 Å². The number of likely N-dealkylation sites (N-methyl/N-ethyl adjacent to an activating group) is 1. The van der Waals surface area contributed by atoms with E-state index < -0.39 is 6.04 Å². The van der Waals surface area contributed by atoms with Gasteiger partial charge in [0.15, 0.2) is 0 Å². The van der Waals surface area contributed by atoms with Gasteiger partial charge in [0, 0.05) is 37.7 Å². The first-order chi connectivity index (χ1) is 12.2. The number of hydrogen-bond acceptors (Lipinski definition) is 4. The highest BCUT2D eigenvalue weighted by molar-refractivity contribution is 5.85. The number of aryl methyl sites for hydroxylation is 1. The van der Waals surface area contributed by atoms with Crippen molar-refractivity contribution in [3.05, 3.63) is 71.8 Å². The van der Waals surface area contributed by atoms with Crippen molar-refractivity contribution in [2.24, 2.45) is 7.05 Å². The number of benzene rings is 1. The zero-order valence-corrected chi connectivity index (χ0v) is 15.6. The molecule has 2 heterocycles.